The van der Waals surface area contributed by atoms with Crippen molar-refractivity contribution in [1.82, 2.24) is 0 Å². The zero-order chi connectivity index (χ0) is 24.8. The number of aliphatic hydroxyl groups is 2. The van der Waals surface area contributed by atoms with Crippen LogP contribution in [0.1, 0.15) is 31.9 Å². The molecule has 0 aliphatic heterocycles. The number of ether oxygens (including phenoxy) is 2. The number of rotatable bonds is 12. The fourth-order valence-corrected chi connectivity index (χ4v) is 4.67. The molecule has 0 spiro atoms. The fourth-order valence-electron chi connectivity index (χ4n) is 3.07. The summed E-state index contributed by atoms with van der Waals surface area (Å²) < 4.78 is 34.4. The van der Waals surface area contributed by atoms with Crippen molar-refractivity contribution in [1.29, 1.82) is 0 Å². The van der Waals surface area contributed by atoms with E-state index in [4.69, 9.17) is 44.3 Å². The fraction of sp³-hybridized carbons (Fsp3) is 0.478. The monoisotopic (exact) mass is 538 g/mol. The molecular weight excluding hydrogens is 511 g/mol. The molecule has 0 heterocycles. The van der Waals surface area contributed by atoms with Gasteiger partial charge in [-0.2, -0.15) is 0 Å². The summed E-state index contributed by atoms with van der Waals surface area (Å²) in [6.45, 7) is 5.41. The lowest BCUT2D eigenvalue weighted by atomic mass is 9.78. The number of alkyl halides is 1. The molecule has 0 aromatic heterocycles. The lowest BCUT2D eigenvalue weighted by Crippen LogP contribution is -2.28. The Hall–Kier alpha value is -1.22. The second kappa shape index (κ2) is 12.0. The van der Waals surface area contributed by atoms with Crippen LogP contribution in [0.3, 0.4) is 0 Å². The molecule has 33 heavy (non-hydrogen) atoms. The Labute approximate surface area is 210 Å². The van der Waals surface area contributed by atoms with Gasteiger partial charge in [0, 0.05) is 11.2 Å². The molecule has 10 heteroatoms. The van der Waals surface area contributed by atoms with Gasteiger partial charge in [-0.25, -0.2) is 8.42 Å². The van der Waals surface area contributed by atoms with Crippen LogP contribution in [0.5, 0.6) is 11.5 Å². The number of benzene rings is 2. The molecule has 0 aliphatic carbocycles. The van der Waals surface area contributed by atoms with Crippen LogP contribution in [0.4, 0.5) is 0 Å². The summed E-state index contributed by atoms with van der Waals surface area (Å²) in [7, 11) is -3.34. The van der Waals surface area contributed by atoms with E-state index in [0.717, 1.165) is 11.1 Å². The summed E-state index contributed by atoms with van der Waals surface area (Å²) in [5.74, 6) is 0.449. The first-order valence-corrected chi connectivity index (χ1v) is 13.5. The van der Waals surface area contributed by atoms with Gasteiger partial charge in [0.1, 0.15) is 31.2 Å². The van der Waals surface area contributed by atoms with Gasteiger partial charge in [-0.15, -0.1) is 11.6 Å². The van der Waals surface area contributed by atoms with Gasteiger partial charge >= 0.3 is 0 Å². The van der Waals surface area contributed by atoms with Crippen molar-refractivity contribution >= 4 is 44.6 Å². The summed E-state index contributed by atoms with van der Waals surface area (Å²) in [6, 6.07) is 10.9. The highest BCUT2D eigenvalue weighted by Gasteiger charge is 2.26. The lowest BCUT2D eigenvalue weighted by Gasteiger charge is -2.27. The van der Waals surface area contributed by atoms with Gasteiger partial charge in [0.2, 0.25) is 0 Å². The Bertz CT molecular complexity index is 1000. The minimum atomic E-state index is -3.34. The van der Waals surface area contributed by atoms with E-state index in [2.05, 4.69) is 0 Å². The number of hydrogen-bond donors (Lipinski definition) is 2. The molecule has 2 atom stereocenters. The molecule has 0 saturated carbocycles. The molecule has 2 N–H and O–H groups in total. The molecule has 2 rings (SSSR count). The quantitative estimate of drug-likeness (QED) is 0.387. The van der Waals surface area contributed by atoms with Crippen molar-refractivity contribution in [3.05, 3.63) is 57.6 Å². The van der Waals surface area contributed by atoms with Crippen molar-refractivity contribution in [2.75, 3.05) is 30.6 Å². The van der Waals surface area contributed by atoms with Gasteiger partial charge in [-0.05, 0) is 35.4 Å². The first kappa shape index (κ1) is 28.0. The maximum atomic E-state index is 11.7. The zero-order valence-electron chi connectivity index (χ0n) is 18.7. The Morgan fingerprint density at radius 3 is 2.00 bits per heavy atom. The maximum Gasteiger partial charge on any atom is 0.156 e. The highest BCUT2D eigenvalue weighted by Crippen LogP contribution is 2.40. The Morgan fingerprint density at radius 2 is 1.48 bits per heavy atom. The van der Waals surface area contributed by atoms with Crippen LogP contribution in [0.15, 0.2) is 36.4 Å². The maximum absolute atomic E-state index is 11.7. The molecule has 0 bridgehead atoms. The van der Waals surface area contributed by atoms with E-state index in [1.807, 2.05) is 38.1 Å². The largest absolute Gasteiger partial charge is 0.491 e. The van der Waals surface area contributed by atoms with Crippen molar-refractivity contribution in [3.8, 4) is 11.5 Å². The second-order valence-corrected chi connectivity index (χ2v) is 11.7. The van der Waals surface area contributed by atoms with Gasteiger partial charge < -0.3 is 19.7 Å². The summed E-state index contributed by atoms with van der Waals surface area (Å²) in [6.07, 6.45) is -1.92. The summed E-state index contributed by atoms with van der Waals surface area (Å²) in [5, 5.41) is 20.0. The summed E-state index contributed by atoms with van der Waals surface area (Å²) >= 11 is 18.4. The van der Waals surface area contributed by atoms with E-state index in [9.17, 15) is 18.6 Å². The van der Waals surface area contributed by atoms with E-state index in [1.54, 1.807) is 12.1 Å². The zero-order valence-corrected chi connectivity index (χ0v) is 21.8. The third-order valence-electron chi connectivity index (χ3n) is 5.22. The van der Waals surface area contributed by atoms with Crippen molar-refractivity contribution in [2.24, 2.45) is 0 Å². The molecule has 0 fully saturated rings. The third-order valence-corrected chi connectivity index (χ3v) is 7.91. The number of sulfone groups is 1. The van der Waals surface area contributed by atoms with Gasteiger partial charge in [0.15, 0.2) is 15.6 Å². The number of aliphatic hydroxyl groups excluding tert-OH is 2. The first-order valence-electron chi connectivity index (χ1n) is 10.4. The van der Waals surface area contributed by atoms with Crippen LogP contribution in [0.25, 0.3) is 0 Å². The summed E-state index contributed by atoms with van der Waals surface area (Å²) in [5.41, 5.74) is 1.35. The van der Waals surface area contributed by atoms with Gasteiger partial charge in [0.05, 0.1) is 21.7 Å². The van der Waals surface area contributed by atoms with E-state index >= 15 is 0 Å². The summed E-state index contributed by atoms with van der Waals surface area (Å²) in [4.78, 5) is 0. The standard InChI is InChI=1S/C23H29Cl3O6S/c1-4-33(29,30)14-18(28)13-32-22-20(25)9-16(10-21(22)26)23(2,3)15-5-7-19(8-6-15)31-12-17(27)11-24/h5-10,17-18,27-28H,4,11-14H2,1-3H3/t17-,18+/m1/s1. The molecule has 0 unspecified atom stereocenters. The minimum absolute atomic E-state index is 0.0577. The molecule has 0 saturated heterocycles. The van der Waals surface area contributed by atoms with Gasteiger partial charge in [0.25, 0.3) is 0 Å². The van der Waals surface area contributed by atoms with E-state index in [0.29, 0.717) is 5.75 Å². The second-order valence-electron chi connectivity index (χ2n) is 8.20. The molecule has 0 aliphatic rings. The molecule has 2 aromatic rings. The third kappa shape index (κ3) is 7.91. The van der Waals surface area contributed by atoms with E-state index in [1.165, 1.54) is 6.92 Å². The predicted molar refractivity (Wildman–Crippen MR) is 133 cm³/mol. The molecule has 0 amide bonds. The van der Waals surface area contributed by atoms with Crippen LogP contribution >= 0.6 is 34.8 Å². The average Bonchev–Trinajstić information content (AvgIpc) is 2.76. The number of halogens is 3. The Kier molecular flexibility index (Phi) is 10.2. The van der Waals surface area contributed by atoms with Crippen LogP contribution in [-0.4, -0.2) is 61.4 Å². The Morgan fingerprint density at radius 1 is 0.939 bits per heavy atom. The highest BCUT2D eigenvalue weighted by atomic mass is 35.5. The normalized spacial score (nSPS) is 14.1. The topological polar surface area (TPSA) is 93.1 Å². The molecule has 184 valence electrons. The van der Waals surface area contributed by atoms with Crippen molar-refractivity contribution < 1.29 is 28.1 Å². The van der Waals surface area contributed by atoms with E-state index < -0.39 is 33.2 Å². The van der Waals surface area contributed by atoms with Gasteiger partial charge in [-0.1, -0.05) is 56.1 Å². The molecule has 2 aromatic carbocycles. The Balaban J connectivity index is 2.15. The van der Waals surface area contributed by atoms with Crippen LogP contribution in [0.2, 0.25) is 10.0 Å². The molecule has 6 nitrogen and oxygen atoms in total. The van der Waals surface area contributed by atoms with Crippen LogP contribution in [0, 0.1) is 0 Å². The van der Waals surface area contributed by atoms with Gasteiger partial charge in [-0.3, -0.25) is 0 Å². The SMILES string of the molecule is CCS(=O)(=O)C[C@@H](O)COc1c(Cl)cc(C(C)(C)c2ccc(OC[C@H](O)CCl)cc2)cc1Cl. The van der Waals surface area contributed by atoms with E-state index in [-0.39, 0.29) is 40.6 Å². The van der Waals surface area contributed by atoms with Crippen LogP contribution in [-0.2, 0) is 15.3 Å². The first-order chi connectivity index (χ1) is 15.4. The molecular formula is C23H29Cl3O6S. The predicted octanol–water partition coefficient (Wildman–Crippen LogP) is 4.47. The smallest absolute Gasteiger partial charge is 0.156 e. The average molecular weight is 540 g/mol. The minimum Gasteiger partial charge on any atom is -0.491 e. The van der Waals surface area contributed by atoms with Crippen LogP contribution < -0.4 is 9.47 Å². The number of hydrogen-bond acceptors (Lipinski definition) is 6. The van der Waals surface area contributed by atoms with Crippen molar-refractivity contribution in [3.63, 3.8) is 0 Å². The highest BCUT2D eigenvalue weighted by molar-refractivity contribution is 7.91. The molecule has 0 radical (unpaired) electrons. The van der Waals surface area contributed by atoms with Crippen molar-refractivity contribution in [2.45, 2.75) is 38.4 Å². The lowest BCUT2D eigenvalue weighted by molar-refractivity contribution is 0.125.